The average molecular weight is 632 g/mol. The fraction of sp³-hybridized carbons (Fsp3) is 0.293. The molecule has 0 radical (unpaired) electrons. The Balaban J connectivity index is 0.000000267. The largest absolute Gasteiger partial charge is 0.507 e. The van der Waals surface area contributed by atoms with E-state index in [1.165, 1.54) is 17.7 Å². The molecule has 6 nitrogen and oxygen atoms in total. The summed E-state index contributed by atoms with van der Waals surface area (Å²) in [4.78, 5) is 24.7. The summed E-state index contributed by atoms with van der Waals surface area (Å²) in [7, 11) is 0. The predicted molar refractivity (Wildman–Crippen MR) is 187 cm³/mol. The lowest BCUT2D eigenvalue weighted by molar-refractivity contribution is -0.139. The van der Waals surface area contributed by atoms with Crippen molar-refractivity contribution < 1.29 is 24.2 Å². The zero-order valence-corrected chi connectivity index (χ0v) is 28.0. The number of aromatic hydroxyl groups is 1. The van der Waals surface area contributed by atoms with Crippen LogP contribution in [-0.2, 0) is 14.9 Å². The number of phenols is 1. The van der Waals surface area contributed by atoms with Gasteiger partial charge in [-0.15, -0.1) is 0 Å². The number of rotatable bonds is 11. The van der Waals surface area contributed by atoms with E-state index in [1.807, 2.05) is 72.8 Å². The molecule has 4 rings (SSSR count). The first kappa shape index (κ1) is 36.3. The number of benzene rings is 4. The summed E-state index contributed by atoms with van der Waals surface area (Å²) in [5.74, 6) is -0.387. The van der Waals surface area contributed by atoms with Gasteiger partial charge < -0.3 is 14.6 Å². The third-order valence-electron chi connectivity index (χ3n) is 7.74. The topological polar surface area (TPSA) is 96.6 Å². The molecular formula is C41H45NO5. The molecule has 0 saturated carbocycles. The van der Waals surface area contributed by atoms with E-state index in [0.717, 1.165) is 36.8 Å². The van der Waals surface area contributed by atoms with Crippen LogP contribution in [0, 0.1) is 17.2 Å². The molecule has 4 aromatic rings. The van der Waals surface area contributed by atoms with E-state index in [-0.39, 0.29) is 22.3 Å². The minimum absolute atomic E-state index is 0.0535. The third kappa shape index (κ3) is 11.0. The molecule has 0 aliphatic carbocycles. The number of nitrogens with zero attached hydrogens (tertiary/aromatic N) is 1. The number of nitriles is 1. The van der Waals surface area contributed by atoms with Gasteiger partial charge in [0.05, 0.1) is 6.61 Å². The fourth-order valence-corrected chi connectivity index (χ4v) is 4.86. The van der Waals surface area contributed by atoms with Gasteiger partial charge in [-0.3, -0.25) is 0 Å². The van der Waals surface area contributed by atoms with Crippen LogP contribution < -0.4 is 4.74 Å². The lowest BCUT2D eigenvalue weighted by Crippen LogP contribution is -2.16. The molecule has 4 aromatic carbocycles. The number of esters is 2. The lowest BCUT2D eigenvalue weighted by Gasteiger charge is -2.19. The average Bonchev–Trinajstić information content (AvgIpc) is 3.08. The van der Waals surface area contributed by atoms with Gasteiger partial charge in [0.2, 0.25) is 0 Å². The molecule has 1 atom stereocenters. The molecule has 0 bridgehead atoms. The number of carbonyl (C=O) groups excluding carboxylic acids is 2. The Labute approximate surface area is 279 Å². The van der Waals surface area contributed by atoms with Crippen molar-refractivity contribution in [1.82, 2.24) is 0 Å². The van der Waals surface area contributed by atoms with Gasteiger partial charge in [-0.1, -0.05) is 139 Å². The highest BCUT2D eigenvalue weighted by atomic mass is 16.5. The van der Waals surface area contributed by atoms with Gasteiger partial charge >= 0.3 is 11.9 Å². The van der Waals surface area contributed by atoms with Crippen LogP contribution in [-0.4, -0.2) is 23.7 Å². The molecule has 0 aliphatic heterocycles. The molecule has 1 N–H and O–H groups in total. The smallest absolute Gasteiger partial charge is 0.349 e. The maximum absolute atomic E-state index is 12.8. The summed E-state index contributed by atoms with van der Waals surface area (Å²) in [5.41, 5.74) is 3.71. The minimum atomic E-state index is -0.563. The Kier molecular flexibility index (Phi) is 14.0. The van der Waals surface area contributed by atoms with E-state index in [2.05, 4.69) is 40.7 Å². The van der Waals surface area contributed by atoms with Crippen molar-refractivity contribution in [3.05, 3.63) is 137 Å². The maximum Gasteiger partial charge on any atom is 0.349 e. The summed E-state index contributed by atoms with van der Waals surface area (Å²) in [5, 5.41) is 19.4. The molecular weight excluding hydrogens is 586 g/mol. The van der Waals surface area contributed by atoms with E-state index >= 15 is 0 Å². The first-order chi connectivity index (χ1) is 22.6. The highest BCUT2D eigenvalue weighted by molar-refractivity contribution is 6.05. The van der Waals surface area contributed by atoms with Crippen LogP contribution in [0.4, 0.5) is 0 Å². The number of phenolic OH excluding ortho intramolecular Hbond substituents is 1. The summed E-state index contributed by atoms with van der Waals surface area (Å²) >= 11 is 0. The molecule has 6 heteroatoms. The Morgan fingerprint density at radius 2 is 1.36 bits per heavy atom. The first-order valence-electron chi connectivity index (χ1n) is 16.1. The van der Waals surface area contributed by atoms with Crippen molar-refractivity contribution in [3.8, 4) is 17.6 Å². The van der Waals surface area contributed by atoms with Crippen molar-refractivity contribution in [2.75, 3.05) is 6.61 Å². The van der Waals surface area contributed by atoms with Crippen LogP contribution in [0.2, 0.25) is 0 Å². The first-order valence-corrected chi connectivity index (χ1v) is 16.1. The van der Waals surface area contributed by atoms with Crippen molar-refractivity contribution in [2.24, 2.45) is 5.92 Å². The van der Waals surface area contributed by atoms with Crippen LogP contribution >= 0.6 is 0 Å². The third-order valence-corrected chi connectivity index (χ3v) is 7.74. The van der Waals surface area contributed by atoms with E-state index in [4.69, 9.17) is 9.47 Å². The highest BCUT2D eigenvalue weighted by Gasteiger charge is 2.21. The van der Waals surface area contributed by atoms with Crippen molar-refractivity contribution in [1.29, 1.82) is 5.26 Å². The van der Waals surface area contributed by atoms with Gasteiger partial charge in [0.25, 0.3) is 0 Å². The Bertz CT molecular complexity index is 1600. The van der Waals surface area contributed by atoms with Gasteiger partial charge in [0.1, 0.15) is 28.7 Å². The molecule has 1 unspecified atom stereocenters. The Morgan fingerprint density at radius 3 is 1.85 bits per heavy atom. The van der Waals surface area contributed by atoms with Crippen molar-refractivity contribution in [2.45, 2.75) is 65.7 Å². The van der Waals surface area contributed by atoms with E-state index in [1.54, 1.807) is 24.3 Å². The highest BCUT2D eigenvalue weighted by Crippen LogP contribution is 2.28. The lowest BCUT2D eigenvalue weighted by atomic mass is 9.87. The summed E-state index contributed by atoms with van der Waals surface area (Å²) in [6.45, 7) is 11.0. The summed E-state index contributed by atoms with van der Waals surface area (Å²) in [6, 6.07) is 34.9. The van der Waals surface area contributed by atoms with Crippen molar-refractivity contribution in [3.63, 3.8) is 0 Å². The monoisotopic (exact) mass is 631 g/mol. The Hall–Kier alpha value is -5.15. The second kappa shape index (κ2) is 18.1. The van der Waals surface area contributed by atoms with Gasteiger partial charge in [0.15, 0.2) is 0 Å². The fourth-order valence-electron chi connectivity index (χ4n) is 4.86. The van der Waals surface area contributed by atoms with Gasteiger partial charge in [-0.2, -0.15) is 5.26 Å². The van der Waals surface area contributed by atoms with Crippen LogP contribution in [0.1, 0.15) is 87.4 Å². The van der Waals surface area contributed by atoms with Crippen molar-refractivity contribution >= 4 is 17.5 Å². The van der Waals surface area contributed by atoms with Crippen LogP contribution in [0.25, 0.3) is 5.57 Å². The van der Waals surface area contributed by atoms with E-state index in [9.17, 15) is 20.0 Å². The Morgan fingerprint density at radius 1 is 0.809 bits per heavy atom. The SMILES string of the molecule is CC(C)(C)c1ccc(OC(=O)c2ccccc2O)cc1.CCCCC(CC)COC(=O)C(C#N)=C(c1ccccc1)c1ccccc1. The molecule has 47 heavy (non-hydrogen) atoms. The van der Waals surface area contributed by atoms with Crippen LogP contribution in [0.5, 0.6) is 11.5 Å². The minimum Gasteiger partial charge on any atom is -0.507 e. The quantitative estimate of drug-likeness (QED) is 0.0766. The number of carbonyl (C=O) groups is 2. The zero-order valence-electron chi connectivity index (χ0n) is 28.0. The molecule has 0 saturated heterocycles. The predicted octanol–water partition coefficient (Wildman–Crippen LogP) is 9.68. The molecule has 0 fully saturated rings. The second-order valence-electron chi connectivity index (χ2n) is 12.3. The molecule has 0 aromatic heterocycles. The maximum atomic E-state index is 12.8. The number of ether oxygens (including phenoxy) is 2. The van der Waals surface area contributed by atoms with E-state index < -0.39 is 11.9 Å². The molecule has 0 amide bonds. The van der Waals surface area contributed by atoms with Gasteiger partial charge in [-0.25, -0.2) is 9.59 Å². The van der Waals surface area contributed by atoms with Gasteiger partial charge in [0, 0.05) is 5.57 Å². The zero-order chi connectivity index (χ0) is 34.2. The number of hydrogen-bond acceptors (Lipinski definition) is 6. The number of para-hydroxylation sites is 1. The number of hydrogen-bond donors (Lipinski definition) is 1. The summed E-state index contributed by atoms with van der Waals surface area (Å²) < 4.78 is 10.8. The number of unbranched alkanes of at least 4 members (excludes halogenated alkanes) is 1. The molecule has 0 aliphatic rings. The molecule has 0 heterocycles. The normalized spacial score (nSPS) is 11.2. The van der Waals surface area contributed by atoms with E-state index in [0.29, 0.717) is 23.8 Å². The van der Waals surface area contributed by atoms with Crippen LogP contribution in [0.3, 0.4) is 0 Å². The summed E-state index contributed by atoms with van der Waals surface area (Å²) in [6.07, 6.45) is 4.25. The van der Waals surface area contributed by atoms with Crippen LogP contribution in [0.15, 0.2) is 115 Å². The standard InChI is InChI=1S/C24H27NO2.C17H18O3/c1-3-5-12-19(4-2)18-27-24(26)22(17-25)23(20-13-8-6-9-14-20)21-15-10-7-11-16-21;1-17(2,3)12-8-10-13(11-9-12)20-16(19)14-6-4-5-7-15(14)18/h6-11,13-16,19H,3-5,12,18H2,1-2H3;4-11,18H,1-3H3. The second-order valence-corrected chi connectivity index (χ2v) is 12.3. The molecule has 0 spiro atoms. The van der Waals surface area contributed by atoms with Gasteiger partial charge in [-0.05, 0) is 58.7 Å². The molecule has 244 valence electrons.